The Labute approximate surface area is 184 Å². The van der Waals surface area contributed by atoms with E-state index in [4.69, 9.17) is 38.4 Å². The number of halogens is 2. The Kier molecular flexibility index (Phi) is 5.72. The third-order valence-electron chi connectivity index (χ3n) is 5.23. The highest BCUT2D eigenvalue weighted by Crippen LogP contribution is 2.46. The zero-order valence-electron chi connectivity index (χ0n) is 16.0. The third-order valence-corrected chi connectivity index (χ3v) is 5.83. The van der Waals surface area contributed by atoms with Crippen LogP contribution >= 0.6 is 23.2 Å². The van der Waals surface area contributed by atoms with Gasteiger partial charge in [-0.2, -0.15) is 5.26 Å². The first kappa shape index (κ1) is 20.3. The Morgan fingerprint density at radius 2 is 2.00 bits per heavy atom. The van der Waals surface area contributed by atoms with Crippen LogP contribution in [-0.2, 0) is 16.1 Å². The topological polar surface area (TPSA) is 85.3 Å². The molecule has 1 aliphatic heterocycles. The van der Waals surface area contributed by atoms with Gasteiger partial charge in [0.2, 0.25) is 5.88 Å². The van der Waals surface area contributed by atoms with Crippen molar-refractivity contribution >= 4 is 29.0 Å². The molecule has 0 radical (unpaired) electrons. The molecule has 1 atom stereocenters. The second kappa shape index (κ2) is 8.43. The second-order valence-electron chi connectivity index (χ2n) is 7.10. The Morgan fingerprint density at radius 1 is 1.20 bits per heavy atom. The number of ether oxygens (including phenoxy) is 2. The predicted molar refractivity (Wildman–Crippen MR) is 114 cm³/mol. The van der Waals surface area contributed by atoms with E-state index in [2.05, 4.69) is 6.07 Å². The number of hydrogen-bond donors (Lipinski definition) is 1. The lowest BCUT2D eigenvalue weighted by atomic mass is 9.77. The number of benzene rings is 2. The fourth-order valence-corrected chi connectivity index (χ4v) is 4.19. The fourth-order valence-electron chi connectivity index (χ4n) is 3.81. The molecular formula is C23H18Cl2N2O3. The van der Waals surface area contributed by atoms with Crippen LogP contribution in [0, 0.1) is 11.3 Å². The molecule has 0 bridgehead atoms. The maximum atomic E-state index is 12.8. The van der Waals surface area contributed by atoms with Crippen LogP contribution in [0.1, 0.15) is 36.3 Å². The molecule has 5 nitrogen and oxygen atoms in total. The number of carbonyl (C=O) groups excluding carboxylic acids is 1. The summed E-state index contributed by atoms with van der Waals surface area (Å²) >= 11 is 12.5. The lowest BCUT2D eigenvalue weighted by molar-refractivity contribution is -0.116. The Balaban J connectivity index is 1.79. The van der Waals surface area contributed by atoms with Crippen molar-refractivity contribution in [2.75, 3.05) is 0 Å². The van der Waals surface area contributed by atoms with Crippen LogP contribution in [0.3, 0.4) is 0 Å². The van der Waals surface area contributed by atoms with Crippen molar-refractivity contribution in [2.45, 2.75) is 31.8 Å². The van der Waals surface area contributed by atoms with Crippen LogP contribution < -0.4 is 10.5 Å². The summed E-state index contributed by atoms with van der Waals surface area (Å²) in [4.78, 5) is 12.8. The van der Waals surface area contributed by atoms with Gasteiger partial charge in [0.05, 0.1) is 5.92 Å². The minimum atomic E-state index is -0.688. The summed E-state index contributed by atoms with van der Waals surface area (Å²) in [5, 5.41) is 10.8. The summed E-state index contributed by atoms with van der Waals surface area (Å²) in [5.74, 6) is 0.278. The van der Waals surface area contributed by atoms with E-state index in [9.17, 15) is 10.1 Å². The van der Waals surface area contributed by atoms with Crippen molar-refractivity contribution in [1.82, 2.24) is 0 Å². The van der Waals surface area contributed by atoms with Gasteiger partial charge in [0, 0.05) is 39.6 Å². The molecule has 0 saturated heterocycles. The van der Waals surface area contributed by atoms with Gasteiger partial charge < -0.3 is 15.2 Å². The van der Waals surface area contributed by atoms with Gasteiger partial charge in [-0.15, -0.1) is 0 Å². The van der Waals surface area contributed by atoms with Crippen LogP contribution in [0.15, 0.2) is 65.3 Å². The molecule has 2 N–H and O–H groups in total. The standard InChI is InChI=1S/C23H18Cl2N2O3/c24-14-8-9-19(29-12-13-4-1-2-5-17(13)25)15(10-14)21-16(11-26)23(27)30-20-7-3-6-18(28)22(20)21/h1-2,4-5,8-10,21H,3,6-7,12,27H2/t21-/m1/s1. The highest BCUT2D eigenvalue weighted by Gasteiger charge is 2.39. The summed E-state index contributed by atoms with van der Waals surface area (Å²) < 4.78 is 11.7. The molecule has 2 aliphatic rings. The fraction of sp³-hybridized carbons (Fsp3) is 0.217. The number of nitrogens with zero attached hydrogens (tertiary/aromatic N) is 1. The van der Waals surface area contributed by atoms with Crippen molar-refractivity contribution in [3.05, 3.63) is 86.4 Å². The van der Waals surface area contributed by atoms with Crippen LogP contribution in [0.25, 0.3) is 0 Å². The molecule has 1 heterocycles. The molecule has 2 aromatic rings. The smallest absolute Gasteiger partial charge is 0.205 e. The molecule has 0 amide bonds. The summed E-state index contributed by atoms with van der Waals surface area (Å²) in [6.45, 7) is 0.221. The van der Waals surface area contributed by atoms with Crippen molar-refractivity contribution < 1.29 is 14.3 Å². The summed E-state index contributed by atoms with van der Waals surface area (Å²) in [5.41, 5.74) is 8.08. The zero-order valence-corrected chi connectivity index (χ0v) is 17.5. The van der Waals surface area contributed by atoms with Gasteiger partial charge in [-0.25, -0.2) is 0 Å². The number of allylic oxidation sites excluding steroid dienone is 3. The Morgan fingerprint density at radius 3 is 2.77 bits per heavy atom. The quantitative estimate of drug-likeness (QED) is 0.688. The molecule has 0 unspecified atom stereocenters. The van der Waals surface area contributed by atoms with Gasteiger partial charge in [0.25, 0.3) is 0 Å². The number of nitrogens with two attached hydrogens (primary N) is 1. The van der Waals surface area contributed by atoms with Gasteiger partial charge in [-0.1, -0.05) is 41.4 Å². The number of nitriles is 1. The second-order valence-corrected chi connectivity index (χ2v) is 7.94. The third kappa shape index (κ3) is 3.77. The Bertz CT molecular complexity index is 1130. The molecule has 2 aromatic carbocycles. The first-order valence-electron chi connectivity index (χ1n) is 9.49. The van der Waals surface area contributed by atoms with Gasteiger partial charge in [0.1, 0.15) is 29.8 Å². The summed E-state index contributed by atoms with van der Waals surface area (Å²) in [6, 6.07) is 14.6. The average Bonchev–Trinajstić information content (AvgIpc) is 2.73. The van der Waals surface area contributed by atoms with Gasteiger partial charge >= 0.3 is 0 Å². The lowest BCUT2D eigenvalue weighted by Crippen LogP contribution is -2.27. The number of hydrogen-bond acceptors (Lipinski definition) is 5. The minimum Gasteiger partial charge on any atom is -0.489 e. The van der Waals surface area contributed by atoms with Crippen molar-refractivity contribution in [3.8, 4) is 11.8 Å². The number of Topliss-reactive ketones (excluding diaryl/α,β-unsaturated/α-hetero) is 1. The van der Waals surface area contributed by atoms with E-state index in [1.165, 1.54) is 0 Å². The molecule has 0 spiro atoms. The van der Waals surface area contributed by atoms with E-state index in [1.54, 1.807) is 24.3 Å². The zero-order chi connectivity index (χ0) is 21.3. The van der Waals surface area contributed by atoms with E-state index in [0.29, 0.717) is 52.0 Å². The normalized spacial score (nSPS) is 18.6. The molecule has 1 aliphatic carbocycles. The van der Waals surface area contributed by atoms with E-state index in [0.717, 1.165) is 5.56 Å². The monoisotopic (exact) mass is 440 g/mol. The maximum Gasteiger partial charge on any atom is 0.205 e. The van der Waals surface area contributed by atoms with Crippen molar-refractivity contribution in [2.24, 2.45) is 5.73 Å². The van der Waals surface area contributed by atoms with Crippen molar-refractivity contribution in [3.63, 3.8) is 0 Å². The highest BCUT2D eigenvalue weighted by atomic mass is 35.5. The van der Waals surface area contributed by atoms with Crippen LogP contribution in [0.5, 0.6) is 5.75 Å². The molecular weight excluding hydrogens is 423 g/mol. The van der Waals surface area contributed by atoms with Crippen LogP contribution in [0.2, 0.25) is 10.0 Å². The molecule has 0 saturated carbocycles. The number of rotatable bonds is 4. The molecule has 4 rings (SSSR count). The number of ketones is 1. The molecule has 7 heteroatoms. The first-order valence-corrected chi connectivity index (χ1v) is 10.2. The van der Waals surface area contributed by atoms with E-state index < -0.39 is 5.92 Å². The minimum absolute atomic E-state index is 0.00739. The van der Waals surface area contributed by atoms with Gasteiger partial charge in [-0.05, 0) is 30.7 Å². The predicted octanol–water partition coefficient (Wildman–Crippen LogP) is 5.39. The molecule has 30 heavy (non-hydrogen) atoms. The van der Waals surface area contributed by atoms with E-state index >= 15 is 0 Å². The average molecular weight is 441 g/mol. The van der Waals surface area contributed by atoms with Crippen molar-refractivity contribution in [1.29, 1.82) is 5.26 Å². The first-order chi connectivity index (χ1) is 14.5. The summed E-state index contributed by atoms with van der Waals surface area (Å²) in [6.07, 6.45) is 1.67. The SMILES string of the molecule is N#CC1=C(N)OC2=C(C(=O)CCC2)[C@@H]1c1cc(Cl)ccc1OCc1ccccc1Cl. The molecule has 152 valence electrons. The van der Waals surface area contributed by atoms with Crippen LogP contribution in [0.4, 0.5) is 0 Å². The van der Waals surface area contributed by atoms with Gasteiger partial charge in [0.15, 0.2) is 5.78 Å². The van der Waals surface area contributed by atoms with Gasteiger partial charge in [-0.3, -0.25) is 4.79 Å². The molecule has 0 aromatic heterocycles. The Hall–Kier alpha value is -2.94. The number of carbonyl (C=O) groups is 1. The van der Waals surface area contributed by atoms with Crippen LogP contribution in [-0.4, -0.2) is 5.78 Å². The molecule has 0 fully saturated rings. The highest BCUT2D eigenvalue weighted by molar-refractivity contribution is 6.31. The van der Waals surface area contributed by atoms with E-state index in [1.807, 2.05) is 18.2 Å². The lowest BCUT2D eigenvalue weighted by Gasteiger charge is -2.31. The van der Waals surface area contributed by atoms with E-state index in [-0.39, 0.29) is 23.8 Å². The maximum absolute atomic E-state index is 12.8. The largest absolute Gasteiger partial charge is 0.489 e. The summed E-state index contributed by atoms with van der Waals surface area (Å²) in [7, 11) is 0.